The molecule has 1 atom stereocenters. The van der Waals surface area contributed by atoms with Crippen molar-refractivity contribution in [2.24, 2.45) is 10.8 Å². The Morgan fingerprint density at radius 1 is 1.18 bits per heavy atom. The molecular weight excluding hydrogens is 136 g/mol. The quantitative estimate of drug-likeness (QED) is 0.531. The summed E-state index contributed by atoms with van der Waals surface area (Å²) < 4.78 is 0. The standard InChI is InChI=1S/C10H18O/c1-9(2)5-6-10(3,4)8(11)7-9/h5-6,8,11H,7H2,1-4H3/t8-/m0/s1. The fraction of sp³-hybridized carbons (Fsp3) is 0.800. The fourth-order valence-electron chi connectivity index (χ4n) is 1.38. The van der Waals surface area contributed by atoms with Gasteiger partial charge in [0, 0.05) is 5.41 Å². The summed E-state index contributed by atoms with van der Waals surface area (Å²) in [5, 5.41) is 9.72. The summed E-state index contributed by atoms with van der Waals surface area (Å²) in [6.07, 6.45) is 5.01. The van der Waals surface area contributed by atoms with Crippen molar-refractivity contribution >= 4 is 0 Å². The van der Waals surface area contributed by atoms with Gasteiger partial charge in [0.25, 0.3) is 0 Å². The Hall–Kier alpha value is -0.300. The Kier molecular flexibility index (Phi) is 1.87. The normalized spacial score (nSPS) is 33.7. The van der Waals surface area contributed by atoms with Crippen LogP contribution in [0.1, 0.15) is 34.1 Å². The average Bonchev–Trinajstić information content (AvgIpc) is 1.81. The molecule has 1 nitrogen and oxygen atoms in total. The van der Waals surface area contributed by atoms with Crippen LogP contribution >= 0.6 is 0 Å². The van der Waals surface area contributed by atoms with Gasteiger partial charge in [-0.25, -0.2) is 0 Å². The molecule has 11 heavy (non-hydrogen) atoms. The van der Waals surface area contributed by atoms with Crippen molar-refractivity contribution in [2.45, 2.75) is 40.2 Å². The minimum Gasteiger partial charge on any atom is -0.392 e. The van der Waals surface area contributed by atoms with Gasteiger partial charge in [0.2, 0.25) is 0 Å². The maximum atomic E-state index is 9.72. The van der Waals surface area contributed by atoms with Gasteiger partial charge < -0.3 is 5.11 Å². The van der Waals surface area contributed by atoms with Crippen LogP contribution in [0.2, 0.25) is 0 Å². The second kappa shape index (κ2) is 2.34. The van der Waals surface area contributed by atoms with E-state index in [4.69, 9.17) is 0 Å². The Balaban J connectivity index is 2.84. The van der Waals surface area contributed by atoms with Crippen molar-refractivity contribution in [3.63, 3.8) is 0 Å². The molecule has 1 N–H and O–H groups in total. The zero-order valence-corrected chi connectivity index (χ0v) is 7.89. The van der Waals surface area contributed by atoms with Crippen LogP contribution in [0, 0.1) is 10.8 Å². The van der Waals surface area contributed by atoms with Gasteiger partial charge in [0.1, 0.15) is 0 Å². The maximum Gasteiger partial charge on any atom is 0.0633 e. The van der Waals surface area contributed by atoms with E-state index in [2.05, 4.69) is 39.8 Å². The Bertz CT molecular complexity index is 177. The topological polar surface area (TPSA) is 20.2 Å². The predicted molar refractivity (Wildman–Crippen MR) is 47.3 cm³/mol. The minimum atomic E-state index is -0.192. The molecule has 0 amide bonds. The Labute approximate surface area is 69.1 Å². The molecule has 0 aromatic rings. The van der Waals surface area contributed by atoms with E-state index in [9.17, 15) is 5.11 Å². The third-order valence-electron chi connectivity index (χ3n) is 2.54. The van der Waals surface area contributed by atoms with E-state index in [1.165, 1.54) is 0 Å². The summed E-state index contributed by atoms with van der Waals surface area (Å²) in [6.45, 7) is 8.46. The highest BCUT2D eigenvalue weighted by Crippen LogP contribution is 2.38. The molecule has 1 heteroatoms. The highest BCUT2D eigenvalue weighted by Gasteiger charge is 2.34. The van der Waals surface area contributed by atoms with Gasteiger partial charge in [-0.2, -0.15) is 0 Å². The number of rotatable bonds is 0. The molecule has 1 aliphatic carbocycles. The van der Waals surface area contributed by atoms with Crippen LogP contribution in [0.15, 0.2) is 12.2 Å². The molecule has 0 aromatic carbocycles. The summed E-state index contributed by atoms with van der Waals surface area (Å²) in [4.78, 5) is 0. The zero-order valence-electron chi connectivity index (χ0n) is 7.89. The molecular formula is C10H18O. The first-order chi connectivity index (χ1) is 4.83. The highest BCUT2D eigenvalue weighted by molar-refractivity contribution is 5.10. The van der Waals surface area contributed by atoms with Gasteiger partial charge in [0.15, 0.2) is 0 Å². The first kappa shape index (κ1) is 8.79. The van der Waals surface area contributed by atoms with Crippen molar-refractivity contribution in [3.8, 4) is 0 Å². The lowest BCUT2D eigenvalue weighted by molar-refractivity contribution is 0.0393. The van der Waals surface area contributed by atoms with E-state index in [0.29, 0.717) is 0 Å². The number of hydrogen-bond donors (Lipinski definition) is 1. The largest absolute Gasteiger partial charge is 0.392 e. The molecule has 0 bridgehead atoms. The van der Waals surface area contributed by atoms with Crippen LogP contribution < -0.4 is 0 Å². The Morgan fingerprint density at radius 3 is 2.09 bits per heavy atom. The van der Waals surface area contributed by atoms with Crippen molar-refractivity contribution in [1.29, 1.82) is 0 Å². The first-order valence-electron chi connectivity index (χ1n) is 4.22. The summed E-state index contributed by atoms with van der Waals surface area (Å²) in [7, 11) is 0. The molecule has 0 saturated heterocycles. The molecule has 0 aliphatic heterocycles. The van der Waals surface area contributed by atoms with Gasteiger partial charge in [-0.1, -0.05) is 39.8 Å². The van der Waals surface area contributed by atoms with Crippen molar-refractivity contribution in [3.05, 3.63) is 12.2 Å². The zero-order chi connectivity index (χ0) is 8.70. The molecule has 0 unspecified atom stereocenters. The average molecular weight is 154 g/mol. The smallest absolute Gasteiger partial charge is 0.0633 e. The van der Waals surface area contributed by atoms with Crippen molar-refractivity contribution < 1.29 is 5.11 Å². The van der Waals surface area contributed by atoms with E-state index in [0.717, 1.165) is 6.42 Å². The van der Waals surface area contributed by atoms with Crippen LogP contribution in [0.5, 0.6) is 0 Å². The second-order valence-corrected chi connectivity index (χ2v) is 4.86. The summed E-state index contributed by atoms with van der Waals surface area (Å²) in [5.41, 5.74) is 0.143. The third kappa shape index (κ3) is 1.84. The third-order valence-corrected chi connectivity index (χ3v) is 2.54. The van der Waals surface area contributed by atoms with Gasteiger partial charge in [-0.05, 0) is 11.8 Å². The van der Waals surface area contributed by atoms with Crippen LogP contribution in [-0.4, -0.2) is 11.2 Å². The van der Waals surface area contributed by atoms with Crippen molar-refractivity contribution in [2.75, 3.05) is 0 Å². The van der Waals surface area contributed by atoms with Gasteiger partial charge >= 0.3 is 0 Å². The lowest BCUT2D eigenvalue weighted by atomic mass is 9.70. The number of hydrogen-bond acceptors (Lipinski definition) is 1. The maximum absolute atomic E-state index is 9.72. The summed E-state index contributed by atoms with van der Waals surface area (Å²) in [6, 6.07) is 0. The summed E-state index contributed by atoms with van der Waals surface area (Å²) >= 11 is 0. The number of allylic oxidation sites excluding steroid dienone is 1. The molecule has 0 heterocycles. The van der Waals surface area contributed by atoms with E-state index in [-0.39, 0.29) is 16.9 Å². The van der Waals surface area contributed by atoms with E-state index in [1.54, 1.807) is 0 Å². The monoisotopic (exact) mass is 154 g/mol. The fourth-order valence-corrected chi connectivity index (χ4v) is 1.38. The summed E-state index contributed by atoms with van der Waals surface area (Å²) in [5.74, 6) is 0. The molecule has 0 spiro atoms. The lowest BCUT2D eigenvalue weighted by Gasteiger charge is -2.38. The van der Waals surface area contributed by atoms with Gasteiger partial charge in [-0.15, -0.1) is 0 Å². The molecule has 0 saturated carbocycles. The molecule has 0 radical (unpaired) electrons. The van der Waals surface area contributed by atoms with Crippen LogP contribution in [0.3, 0.4) is 0 Å². The predicted octanol–water partition coefficient (Wildman–Crippen LogP) is 2.36. The van der Waals surface area contributed by atoms with Crippen LogP contribution in [0.25, 0.3) is 0 Å². The second-order valence-electron chi connectivity index (χ2n) is 4.86. The van der Waals surface area contributed by atoms with Gasteiger partial charge in [-0.3, -0.25) is 0 Å². The molecule has 1 rings (SSSR count). The first-order valence-corrected chi connectivity index (χ1v) is 4.22. The SMILES string of the molecule is CC1(C)C=CC(C)(C)[C@@H](O)C1. The lowest BCUT2D eigenvalue weighted by Crippen LogP contribution is -2.35. The Morgan fingerprint density at radius 2 is 1.73 bits per heavy atom. The molecule has 1 aliphatic rings. The minimum absolute atomic E-state index is 0.0322. The molecule has 0 aromatic heterocycles. The van der Waals surface area contributed by atoms with E-state index in [1.807, 2.05) is 0 Å². The van der Waals surface area contributed by atoms with Gasteiger partial charge in [0.05, 0.1) is 6.10 Å². The van der Waals surface area contributed by atoms with E-state index < -0.39 is 0 Å². The number of aliphatic hydroxyl groups excluding tert-OH is 1. The molecule has 0 fully saturated rings. The molecule has 64 valence electrons. The van der Waals surface area contributed by atoms with Crippen molar-refractivity contribution in [1.82, 2.24) is 0 Å². The highest BCUT2D eigenvalue weighted by atomic mass is 16.3. The van der Waals surface area contributed by atoms with Crippen LogP contribution in [0.4, 0.5) is 0 Å². The number of aliphatic hydroxyl groups is 1. The van der Waals surface area contributed by atoms with Crippen LogP contribution in [-0.2, 0) is 0 Å². The van der Waals surface area contributed by atoms with E-state index >= 15 is 0 Å².